The zero-order valence-electron chi connectivity index (χ0n) is 14.5. The predicted molar refractivity (Wildman–Crippen MR) is 91.1 cm³/mol. The maximum Gasteiger partial charge on any atom is 0.116 e. The van der Waals surface area contributed by atoms with Gasteiger partial charge in [0.1, 0.15) is 5.75 Å². The number of phenolic OH excluding ortho intramolecular Hbond substituents is 1. The molecule has 24 heavy (non-hydrogen) atoms. The van der Waals surface area contributed by atoms with Gasteiger partial charge in [0.25, 0.3) is 0 Å². The molecule has 0 radical (unpaired) electrons. The molecule has 3 aromatic carbocycles. The van der Waals surface area contributed by atoms with Crippen LogP contribution in [0.3, 0.4) is 0 Å². The number of fused-ring (bicyclic) bond motifs is 1. The maximum absolute atomic E-state index is 9.36. The first-order chi connectivity index (χ1) is 9.86. The van der Waals surface area contributed by atoms with Gasteiger partial charge in [-0.15, -0.1) is 29.7 Å². The van der Waals surface area contributed by atoms with Crippen LogP contribution in [-0.2, 0) is 27.1 Å². The molecule has 4 heteroatoms. The Kier molecular flexibility index (Phi) is 11.5. The van der Waals surface area contributed by atoms with Gasteiger partial charge in [-0.3, -0.25) is 0 Å². The summed E-state index contributed by atoms with van der Waals surface area (Å²) in [5.74, 6) is 0.361. The Hall–Kier alpha value is -0.856. The summed E-state index contributed by atoms with van der Waals surface area (Å²) in [7, 11) is 0. The molecule has 0 aliphatic heterocycles. The summed E-state index contributed by atoms with van der Waals surface area (Å²) in [5.41, 5.74) is 2.41. The van der Waals surface area contributed by atoms with E-state index in [2.05, 4.69) is 69.3 Å². The number of aromatic hydroxyl groups is 1. The largest absolute Gasteiger partial charge is 1.00 e. The van der Waals surface area contributed by atoms with E-state index in [-0.39, 0.29) is 51.9 Å². The molecule has 0 fully saturated rings. The van der Waals surface area contributed by atoms with Crippen LogP contribution in [0.1, 0.15) is 31.9 Å². The fourth-order valence-corrected chi connectivity index (χ4v) is 2.27. The van der Waals surface area contributed by atoms with Crippen LogP contribution in [0.15, 0.2) is 60.7 Å². The van der Waals surface area contributed by atoms with E-state index < -0.39 is 0 Å². The average Bonchev–Trinajstić information content (AvgIpc) is 2.85. The Morgan fingerprint density at radius 1 is 0.917 bits per heavy atom. The van der Waals surface area contributed by atoms with Crippen LogP contribution >= 0.6 is 0 Å². The Morgan fingerprint density at radius 2 is 1.54 bits per heavy atom. The molecule has 0 aromatic heterocycles. The van der Waals surface area contributed by atoms with Crippen molar-refractivity contribution in [2.45, 2.75) is 33.1 Å². The SMILES string of the molecule is Cc1cc(O)cc(C(C)(C)C)c1.[Cl-].[Cl-].[Ti].c1ccc2[cH-]ccc2c1. The van der Waals surface area contributed by atoms with Gasteiger partial charge in [0.05, 0.1) is 0 Å². The first-order valence-corrected chi connectivity index (χ1v) is 7.28. The monoisotopic (exact) mass is 397 g/mol. The van der Waals surface area contributed by atoms with E-state index in [0.717, 1.165) is 5.56 Å². The van der Waals surface area contributed by atoms with Crippen molar-refractivity contribution >= 4 is 10.8 Å². The summed E-state index contributed by atoms with van der Waals surface area (Å²) < 4.78 is 0. The van der Waals surface area contributed by atoms with Crippen molar-refractivity contribution in [1.29, 1.82) is 0 Å². The van der Waals surface area contributed by atoms with E-state index >= 15 is 0 Å². The van der Waals surface area contributed by atoms with Gasteiger partial charge < -0.3 is 29.9 Å². The molecule has 0 unspecified atom stereocenters. The Balaban J connectivity index is 0. The summed E-state index contributed by atoms with van der Waals surface area (Å²) in [5, 5.41) is 12.0. The van der Waals surface area contributed by atoms with Crippen LogP contribution in [0.2, 0.25) is 0 Å². The van der Waals surface area contributed by atoms with E-state index in [1.165, 1.54) is 16.3 Å². The first-order valence-electron chi connectivity index (χ1n) is 7.28. The quantitative estimate of drug-likeness (QED) is 0.403. The Labute approximate surface area is 172 Å². The smallest absolute Gasteiger partial charge is 0.116 e. The molecule has 3 rings (SSSR count). The van der Waals surface area contributed by atoms with Gasteiger partial charge in [-0.1, -0.05) is 32.9 Å². The average molecular weight is 398 g/mol. The molecule has 0 aliphatic rings. The second-order valence-electron chi connectivity index (χ2n) is 6.46. The van der Waals surface area contributed by atoms with Crippen molar-refractivity contribution in [3.63, 3.8) is 0 Å². The predicted octanol–water partition coefficient (Wildman–Crippen LogP) is -0.438. The molecule has 1 nitrogen and oxygen atoms in total. The zero-order valence-corrected chi connectivity index (χ0v) is 17.6. The molecule has 130 valence electrons. The van der Waals surface area contributed by atoms with Crippen LogP contribution in [0, 0.1) is 6.92 Å². The van der Waals surface area contributed by atoms with Crippen molar-refractivity contribution < 1.29 is 51.6 Å². The molecule has 0 bridgehead atoms. The molecular weight excluding hydrogens is 375 g/mol. The van der Waals surface area contributed by atoms with Gasteiger partial charge >= 0.3 is 0 Å². The first kappa shape index (κ1) is 25.4. The second-order valence-corrected chi connectivity index (χ2v) is 6.46. The third-order valence-corrected chi connectivity index (χ3v) is 3.48. The number of hydrogen-bond donors (Lipinski definition) is 1. The maximum atomic E-state index is 9.36. The molecule has 0 saturated heterocycles. The van der Waals surface area contributed by atoms with E-state index in [4.69, 9.17) is 0 Å². The van der Waals surface area contributed by atoms with Gasteiger partial charge in [0.15, 0.2) is 0 Å². The van der Waals surface area contributed by atoms with Gasteiger partial charge in [-0.2, -0.15) is 17.5 Å². The molecule has 0 heterocycles. The third kappa shape index (κ3) is 7.36. The van der Waals surface area contributed by atoms with E-state index in [9.17, 15) is 5.11 Å². The number of benzene rings is 2. The summed E-state index contributed by atoms with van der Waals surface area (Å²) in [6.07, 6.45) is 0. The Bertz CT molecular complexity index is 679. The van der Waals surface area contributed by atoms with Crippen molar-refractivity contribution in [1.82, 2.24) is 0 Å². The molecule has 3 aromatic rings. The minimum absolute atomic E-state index is 0. The summed E-state index contributed by atoms with van der Waals surface area (Å²) in [6, 6.07) is 20.4. The van der Waals surface area contributed by atoms with Gasteiger partial charge in [0.2, 0.25) is 0 Å². The van der Waals surface area contributed by atoms with Crippen molar-refractivity contribution in [2.24, 2.45) is 0 Å². The van der Waals surface area contributed by atoms with Crippen LogP contribution in [0.5, 0.6) is 5.75 Å². The van der Waals surface area contributed by atoms with E-state index in [1.807, 2.05) is 13.0 Å². The van der Waals surface area contributed by atoms with Crippen LogP contribution in [0.25, 0.3) is 10.8 Å². The fourth-order valence-electron chi connectivity index (χ4n) is 2.27. The van der Waals surface area contributed by atoms with E-state index in [1.54, 1.807) is 6.07 Å². The Morgan fingerprint density at radius 3 is 2.08 bits per heavy atom. The molecule has 0 spiro atoms. The van der Waals surface area contributed by atoms with Gasteiger partial charge in [0, 0.05) is 21.7 Å². The minimum Gasteiger partial charge on any atom is -1.00 e. The van der Waals surface area contributed by atoms with Crippen molar-refractivity contribution in [3.05, 3.63) is 71.8 Å². The topological polar surface area (TPSA) is 20.2 Å². The number of rotatable bonds is 0. The van der Waals surface area contributed by atoms with Crippen molar-refractivity contribution in [3.8, 4) is 5.75 Å². The number of halogens is 2. The van der Waals surface area contributed by atoms with Crippen molar-refractivity contribution in [2.75, 3.05) is 0 Å². The number of phenols is 1. The number of hydrogen-bond acceptors (Lipinski definition) is 1. The third-order valence-electron chi connectivity index (χ3n) is 3.48. The van der Waals surface area contributed by atoms with E-state index in [0.29, 0.717) is 5.75 Å². The van der Waals surface area contributed by atoms with Gasteiger partial charge in [-0.05, 0) is 35.6 Å². The zero-order chi connectivity index (χ0) is 15.5. The molecule has 0 aliphatic carbocycles. The van der Waals surface area contributed by atoms with Crippen LogP contribution < -0.4 is 24.8 Å². The summed E-state index contributed by atoms with van der Waals surface area (Å²) >= 11 is 0. The second kappa shape index (κ2) is 10.9. The number of aryl methyl sites for hydroxylation is 1. The standard InChI is InChI=1S/C11H16O.C9H7.2ClH.Ti/c1-8-5-9(11(2,3)4)7-10(12)6-8;1-2-5-9-7-3-6-8(9)4-1;;;/h5-7,12H,1-4H3;1-7H;2*1H;/q;-1;;;/p-2. The summed E-state index contributed by atoms with van der Waals surface area (Å²) in [6.45, 7) is 8.42. The van der Waals surface area contributed by atoms with Crippen LogP contribution in [-0.4, -0.2) is 5.11 Å². The molecular formula is C20H23Cl2OTi-3. The molecule has 0 atom stereocenters. The van der Waals surface area contributed by atoms with Gasteiger partial charge in [-0.25, -0.2) is 0 Å². The summed E-state index contributed by atoms with van der Waals surface area (Å²) in [4.78, 5) is 0. The normalized spacial score (nSPS) is 9.67. The molecule has 1 N–H and O–H groups in total. The molecule has 0 saturated carbocycles. The molecule has 0 amide bonds. The minimum atomic E-state index is 0. The fraction of sp³-hybridized carbons (Fsp3) is 0.250. The van der Waals surface area contributed by atoms with Crippen LogP contribution in [0.4, 0.5) is 0 Å².